The predicted molar refractivity (Wildman–Crippen MR) is 74.7 cm³/mol. The Morgan fingerprint density at radius 3 is 2.71 bits per heavy atom. The molecule has 0 aliphatic carbocycles. The summed E-state index contributed by atoms with van der Waals surface area (Å²) in [6.45, 7) is 1.99. The Kier molecular flexibility index (Phi) is 3.66. The van der Waals surface area contributed by atoms with Crippen molar-refractivity contribution in [3.05, 3.63) is 51.3 Å². The molecule has 0 atom stereocenters. The van der Waals surface area contributed by atoms with E-state index in [0.29, 0.717) is 5.75 Å². The summed E-state index contributed by atoms with van der Waals surface area (Å²) in [5, 5.41) is 0. The van der Waals surface area contributed by atoms with E-state index in [4.69, 9.17) is 4.74 Å². The molecule has 2 rings (SSSR count). The molecule has 0 amide bonds. The van der Waals surface area contributed by atoms with E-state index in [2.05, 4.69) is 28.7 Å². The zero-order valence-electron chi connectivity index (χ0n) is 9.55. The van der Waals surface area contributed by atoms with Crippen molar-refractivity contribution >= 4 is 22.6 Å². The van der Waals surface area contributed by atoms with E-state index in [1.54, 1.807) is 13.2 Å². The van der Waals surface area contributed by atoms with Gasteiger partial charge in [0.15, 0.2) is 0 Å². The monoisotopic (exact) mass is 341 g/mol. The zero-order chi connectivity index (χ0) is 12.4. The van der Waals surface area contributed by atoms with E-state index in [1.807, 2.05) is 19.1 Å². The van der Waals surface area contributed by atoms with Crippen LogP contribution in [0.25, 0.3) is 11.1 Å². The average molecular weight is 341 g/mol. The molecule has 2 aromatic carbocycles. The number of ether oxygens (including phenoxy) is 1. The second-order valence-corrected chi connectivity index (χ2v) is 4.87. The largest absolute Gasteiger partial charge is 0.496 e. The maximum atomic E-state index is 13.3. The van der Waals surface area contributed by atoms with Crippen LogP contribution in [0.2, 0.25) is 0 Å². The summed E-state index contributed by atoms with van der Waals surface area (Å²) in [6, 6.07) is 11.5. The van der Waals surface area contributed by atoms with Gasteiger partial charge in [0, 0.05) is 9.13 Å². The minimum atomic E-state index is -0.267. The fraction of sp³-hybridized carbons (Fsp3) is 0.143. The lowest BCUT2D eigenvalue weighted by atomic mass is 10.0. The number of halogens is 2. The molecule has 0 spiro atoms. The molecule has 1 nitrogen and oxygen atoms in total. The molecule has 0 fully saturated rings. The SMILES string of the molecule is COc1ccc(F)cc1-c1c[c]c(C)c(I)c1. The lowest BCUT2D eigenvalue weighted by Gasteiger charge is -2.09. The van der Waals surface area contributed by atoms with Crippen LogP contribution in [0.5, 0.6) is 5.75 Å². The third kappa shape index (κ3) is 2.60. The average Bonchev–Trinajstić information content (AvgIpc) is 2.32. The molecule has 2 aromatic rings. The second-order valence-electron chi connectivity index (χ2n) is 3.71. The summed E-state index contributed by atoms with van der Waals surface area (Å²) in [5.74, 6) is 0.399. The Hall–Kier alpha value is -1.10. The predicted octanol–water partition coefficient (Wildman–Crippen LogP) is 4.21. The van der Waals surface area contributed by atoms with Crippen LogP contribution in [-0.2, 0) is 0 Å². The first kappa shape index (κ1) is 12.4. The normalized spacial score (nSPS) is 10.4. The molecule has 3 heteroatoms. The van der Waals surface area contributed by atoms with Crippen LogP contribution in [0, 0.1) is 22.4 Å². The summed E-state index contributed by atoms with van der Waals surface area (Å²) in [6.07, 6.45) is 0. The van der Waals surface area contributed by atoms with Crippen molar-refractivity contribution in [3.63, 3.8) is 0 Å². The number of hydrogen-bond donors (Lipinski definition) is 0. The molecular weight excluding hydrogens is 330 g/mol. The smallest absolute Gasteiger partial charge is 0.126 e. The van der Waals surface area contributed by atoms with Crippen LogP contribution < -0.4 is 4.74 Å². The molecule has 1 radical (unpaired) electrons. The lowest BCUT2D eigenvalue weighted by Crippen LogP contribution is -1.90. The highest BCUT2D eigenvalue weighted by Crippen LogP contribution is 2.31. The summed E-state index contributed by atoms with van der Waals surface area (Å²) in [7, 11) is 1.58. The molecular formula is C14H11FIO. The topological polar surface area (TPSA) is 9.23 Å². The van der Waals surface area contributed by atoms with Gasteiger partial charge in [0.25, 0.3) is 0 Å². The molecule has 0 unspecified atom stereocenters. The van der Waals surface area contributed by atoms with Gasteiger partial charge in [0.2, 0.25) is 0 Å². The first-order valence-corrected chi connectivity index (χ1v) is 6.21. The first-order valence-electron chi connectivity index (χ1n) is 5.13. The fourth-order valence-corrected chi connectivity index (χ4v) is 2.09. The van der Waals surface area contributed by atoms with Gasteiger partial charge in [-0.15, -0.1) is 0 Å². The maximum Gasteiger partial charge on any atom is 0.126 e. The highest BCUT2D eigenvalue weighted by atomic mass is 127. The van der Waals surface area contributed by atoms with Crippen molar-refractivity contribution in [2.75, 3.05) is 7.11 Å². The van der Waals surface area contributed by atoms with E-state index >= 15 is 0 Å². The highest BCUT2D eigenvalue weighted by molar-refractivity contribution is 14.1. The summed E-state index contributed by atoms with van der Waals surface area (Å²) in [5.41, 5.74) is 2.75. The van der Waals surface area contributed by atoms with Crippen LogP contribution >= 0.6 is 22.6 Å². The minimum Gasteiger partial charge on any atom is -0.496 e. The highest BCUT2D eigenvalue weighted by Gasteiger charge is 2.08. The van der Waals surface area contributed by atoms with Crippen molar-refractivity contribution in [1.29, 1.82) is 0 Å². The Morgan fingerprint density at radius 2 is 2.06 bits per heavy atom. The number of aryl methyl sites for hydroxylation is 1. The minimum absolute atomic E-state index is 0.267. The molecule has 0 aliphatic rings. The van der Waals surface area contributed by atoms with Gasteiger partial charge in [-0.1, -0.05) is 0 Å². The maximum absolute atomic E-state index is 13.3. The number of benzene rings is 2. The van der Waals surface area contributed by atoms with Crippen LogP contribution in [0.3, 0.4) is 0 Å². The van der Waals surface area contributed by atoms with E-state index in [9.17, 15) is 4.39 Å². The van der Waals surface area contributed by atoms with Gasteiger partial charge in [-0.3, -0.25) is 0 Å². The Morgan fingerprint density at radius 1 is 1.29 bits per heavy atom. The van der Waals surface area contributed by atoms with E-state index in [1.165, 1.54) is 12.1 Å². The lowest BCUT2D eigenvalue weighted by molar-refractivity contribution is 0.415. The van der Waals surface area contributed by atoms with Crippen LogP contribution in [0.4, 0.5) is 4.39 Å². The standard InChI is InChI=1S/C14H11FIO/c1-9-3-4-10(7-13(9)16)12-8-11(15)5-6-14(12)17-2/h4-8H,1-2H3. The van der Waals surface area contributed by atoms with Crippen molar-refractivity contribution in [2.45, 2.75) is 6.92 Å². The molecule has 0 saturated carbocycles. The number of rotatable bonds is 2. The van der Waals surface area contributed by atoms with Gasteiger partial charge < -0.3 is 4.74 Å². The molecule has 17 heavy (non-hydrogen) atoms. The summed E-state index contributed by atoms with van der Waals surface area (Å²) < 4.78 is 19.6. The van der Waals surface area contributed by atoms with Gasteiger partial charge in [-0.2, -0.15) is 0 Å². The molecule has 0 N–H and O–H groups in total. The molecule has 0 saturated heterocycles. The molecule has 0 aromatic heterocycles. The Labute approximate surface area is 114 Å². The van der Waals surface area contributed by atoms with E-state index in [-0.39, 0.29) is 5.82 Å². The van der Waals surface area contributed by atoms with Gasteiger partial charge in [0.1, 0.15) is 11.6 Å². The van der Waals surface area contributed by atoms with Gasteiger partial charge >= 0.3 is 0 Å². The number of hydrogen-bond acceptors (Lipinski definition) is 1. The van der Waals surface area contributed by atoms with Crippen LogP contribution in [0.1, 0.15) is 5.56 Å². The number of methoxy groups -OCH3 is 1. The third-order valence-electron chi connectivity index (χ3n) is 2.56. The first-order chi connectivity index (χ1) is 8.11. The quantitative estimate of drug-likeness (QED) is 0.744. The van der Waals surface area contributed by atoms with E-state index < -0.39 is 0 Å². The van der Waals surface area contributed by atoms with Gasteiger partial charge in [0.05, 0.1) is 7.11 Å². The molecule has 87 valence electrons. The van der Waals surface area contributed by atoms with Crippen LogP contribution in [0.15, 0.2) is 30.3 Å². The van der Waals surface area contributed by atoms with Crippen LogP contribution in [-0.4, -0.2) is 7.11 Å². The van der Waals surface area contributed by atoms with Gasteiger partial charge in [-0.05, 0) is 77.0 Å². The van der Waals surface area contributed by atoms with Crippen molar-refractivity contribution in [1.82, 2.24) is 0 Å². The van der Waals surface area contributed by atoms with Crippen molar-refractivity contribution in [2.24, 2.45) is 0 Å². The summed E-state index contributed by atoms with van der Waals surface area (Å²) in [4.78, 5) is 0. The molecule has 0 aliphatic heterocycles. The molecule has 0 heterocycles. The van der Waals surface area contributed by atoms with Gasteiger partial charge in [-0.25, -0.2) is 4.39 Å². The fourth-order valence-electron chi connectivity index (χ4n) is 1.60. The zero-order valence-corrected chi connectivity index (χ0v) is 11.7. The second kappa shape index (κ2) is 5.04. The summed E-state index contributed by atoms with van der Waals surface area (Å²) >= 11 is 2.24. The van der Waals surface area contributed by atoms with E-state index in [0.717, 1.165) is 20.3 Å². The van der Waals surface area contributed by atoms with Crippen molar-refractivity contribution in [3.8, 4) is 16.9 Å². The third-order valence-corrected chi connectivity index (χ3v) is 3.68. The molecule has 0 bridgehead atoms. The Balaban J connectivity index is 2.58. The Bertz CT molecular complexity index is 552. The van der Waals surface area contributed by atoms with Crippen molar-refractivity contribution < 1.29 is 9.13 Å².